The molecule has 4 N–H and O–H groups in total. The van der Waals surface area contributed by atoms with Gasteiger partial charge in [-0.05, 0) is 37.6 Å². The molecule has 9 heteroatoms. The molecule has 140 valence electrons. The fourth-order valence-corrected chi connectivity index (χ4v) is 2.14. The zero-order valence-electron chi connectivity index (χ0n) is 14.2. The highest BCUT2D eigenvalue weighted by atomic mass is 19.2. The average Bonchev–Trinajstić information content (AvgIpc) is 2.60. The Morgan fingerprint density at radius 3 is 2.73 bits per heavy atom. The number of aliphatic hydroxyl groups excluding tert-OH is 2. The Labute approximate surface area is 148 Å². The molecule has 0 bridgehead atoms. The highest BCUT2D eigenvalue weighted by Crippen LogP contribution is 2.28. The summed E-state index contributed by atoms with van der Waals surface area (Å²) in [6.07, 6.45) is 0.268. The number of anilines is 2. The molecule has 0 radical (unpaired) electrons. The molecule has 1 atom stereocenters. The van der Waals surface area contributed by atoms with Gasteiger partial charge in [0.15, 0.2) is 11.6 Å². The minimum absolute atomic E-state index is 0.206. The number of nitrogens with zero attached hydrogens (tertiary/aromatic N) is 1. The van der Waals surface area contributed by atoms with Crippen molar-refractivity contribution in [2.24, 2.45) is 0 Å². The van der Waals surface area contributed by atoms with E-state index in [9.17, 15) is 13.6 Å². The number of hydroxylamine groups is 1. The van der Waals surface area contributed by atoms with Crippen LogP contribution in [-0.4, -0.2) is 40.4 Å². The summed E-state index contributed by atoms with van der Waals surface area (Å²) in [5.74, 6) is -3.21. The maximum absolute atomic E-state index is 14.3. The second-order valence-corrected chi connectivity index (χ2v) is 5.63. The minimum Gasteiger partial charge on any atom is -0.394 e. The highest BCUT2D eigenvalue weighted by molar-refractivity contribution is 6.00. The van der Waals surface area contributed by atoms with Gasteiger partial charge in [-0.15, -0.1) is 0 Å². The summed E-state index contributed by atoms with van der Waals surface area (Å²) in [6, 6.07) is 3.66. The molecule has 0 fully saturated rings. The predicted octanol–water partition coefficient (Wildman–Crippen LogP) is 1.73. The molecule has 1 aromatic carbocycles. The number of amides is 1. The lowest BCUT2D eigenvalue weighted by molar-refractivity contribution is -0.0295. The van der Waals surface area contributed by atoms with Gasteiger partial charge in [-0.1, -0.05) is 0 Å². The van der Waals surface area contributed by atoms with E-state index in [0.29, 0.717) is 5.69 Å². The van der Waals surface area contributed by atoms with E-state index >= 15 is 0 Å². The molecular weight excluding hydrogens is 348 g/mol. The number of aliphatic hydroxyl groups is 2. The first-order valence-corrected chi connectivity index (χ1v) is 7.72. The largest absolute Gasteiger partial charge is 0.394 e. The van der Waals surface area contributed by atoms with E-state index in [1.165, 1.54) is 6.20 Å². The lowest BCUT2D eigenvalue weighted by Gasteiger charge is -2.15. The third kappa shape index (κ3) is 4.72. The van der Waals surface area contributed by atoms with Crippen molar-refractivity contribution >= 4 is 17.3 Å². The molecule has 26 heavy (non-hydrogen) atoms. The van der Waals surface area contributed by atoms with Crippen LogP contribution in [0.15, 0.2) is 24.4 Å². The molecule has 1 aromatic heterocycles. The molecule has 1 amide bonds. The molecule has 0 saturated carbocycles. The molecule has 1 heterocycles. The monoisotopic (exact) mass is 367 g/mol. The topological polar surface area (TPSA) is 104 Å². The smallest absolute Gasteiger partial charge is 0.277 e. The number of aromatic nitrogens is 1. The van der Waals surface area contributed by atoms with Gasteiger partial charge in [-0.3, -0.25) is 14.6 Å². The van der Waals surface area contributed by atoms with Crippen LogP contribution in [0.4, 0.5) is 20.2 Å². The quantitative estimate of drug-likeness (QED) is 0.556. The maximum Gasteiger partial charge on any atom is 0.277 e. The van der Waals surface area contributed by atoms with E-state index < -0.39 is 30.3 Å². The van der Waals surface area contributed by atoms with Gasteiger partial charge < -0.3 is 15.5 Å². The van der Waals surface area contributed by atoms with Crippen molar-refractivity contribution < 1.29 is 28.6 Å². The zero-order valence-corrected chi connectivity index (χ0v) is 14.2. The summed E-state index contributed by atoms with van der Waals surface area (Å²) >= 11 is 0. The average molecular weight is 367 g/mol. The molecule has 1 unspecified atom stereocenters. The van der Waals surface area contributed by atoms with E-state index in [1.807, 2.05) is 5.48 Å². The maximum atomic E-state index is 14.3. The summed E-state index contributed by atoms with van der Waals surface area (Å²) in [5.41, 5.74) is 3.32. The number of pyridine rings is 1. The van der Waals surface area contributed by atoms with Gasteiger partial charge in [-0.25, -0.2) is 14.3 Å². The molecule has 0 spiro atoms. The Bertz CT molecular complexity index is 802. The van der Waals surface area contributed by atoms with Crippen LogP contribution in [0, 0.1) is 25.5 Å². The number of benzene rings is 1. The van der Waals surface area contributed by atoms with E-state index in [2.05, 4.69) is 10.3 Å². The Hall–Kier alpha value is -2.62. The number of hydrogen-bond acceptors (Lipinski definition) is 6. The van der Waals surface area contributed by atoms with Crippen molar-refractivity contribution in [2.75, 3.05) is 18.5 Å². The van der Waals surface area contributed by atoms with Gasteiger partial charge in [0.1, 0.15) is 12.7 Å². The lowest BCUT2D eigenvalue weighted by atomic mass is 10.1. The minimum atomic E-state index is -1.23. The Kier molecular flexibility index (Phi) is 6.56. The van der Waals surface area contributed by atoms with E-state index in [-0.39, 0.29) is 17.9 Å². The van der Waals surface area contributed by atoms with Crippen LogP contribution in [-0.2, 0) is 4.84 Å². The van der Waals surface area contributed by atoms with Gasteiger partial charge in [0.2, 0.25) is 0 Å². The van der Waals surface area contributed by atoms with Crippen molar-refractivity contribution in [2.45, 2.75) is 20.0 Å². The molecular formula is C17H19F2N3O4. The van der Waals surface area contributed by atoms with Crippen molar-refractivity contribution in [1.82, 2.24) is 10.5 Å². The van der Waals surface area contributed by atoms with Crippen molar-refractivity contribution in [3.63, 3.8) is 0 Å². The highest BCUT2D eigenvalue weighted by Gasteiger charge is 2.20. The van der Waals surface area contributed by atoms with Crippen LogP contribution >= 0.6 is 0 Å². The van der Waals surface area contributed by atoms with Crippen molar-refractivity contribution in [3.8, 4) is 0 Å². The third-order valence-corrected chi connectivity index (χ3v) is 3.50. The van der Waals surface area contributed by atoms with Crippen molar-refractivity contribution in [1.29, 1.82) is 0 Å². The fourth-order valence-electron chi connectivity index (χ4n) is 2.14. The van der Waals surface area contributed by atoms with E-state index in [1.54, 1.807) is 19.9 Å². The number of aryl methyl sites for hydroxylation is 2. The Balaban J connectivity index is 2.27. The number of carbonyl (C=O) groups excluding carboxylic acids is 1. The number of halogens is 2. The van der Waals surface area contributed by atoms with Crippen LogP contribution in [0.3, 0.4) is 0 Å². The first kappa shape index (κ1) is 19.7. The molecule has 0 saturated heterocycles. The summed E-state index contributed by atoms with van der Waals surface area (Å²) in [6.45, 7) is 2.63. The van der Waals surface area contributed by atoms with Crippen LogP contribution < -0.4 is 10.8 Å². The van der Waals surface area contributed by atoms with Crippen LogP contribution in [0.5, 0.6) is 0 Å². The normalized spacial score (nSPS) is 11.9. The first-order chi connectivity index (χ1) is 12.3. The fraction of sp³-hybridized carbons (Fsp3) is 0.294. The second-order valence-electron chi connectivity index (χ2n) is 5.63. The Morgan fingerprint density at radius 2 is 2.08 bits per heavy atom. The molecule has 2 aromatic rings. The molecule has 7 nitrogen and oxygen atoms in total. The summed E-state index contributed by atoms with van der Waals surface area (Å²) < 4.78 is 27.9. The van der Waals surface area contributed by atoms with Gasteiger partial charge >= 0.3 is 0 Å². The number of hydrogen-bond donors (Lipinski definition) is 4. The number of nitrogens with one attached hydrogen (secondary N) is 2. The first-order valence-electron chi connectivity index (χ1n) is 7.72. The standard InChI is InChI=1S/C17H19F2N3O4/c1-9-5-10(2)20-6-14(9)21-16-12(3-4-13(18)15(16)19)17(25)22-26-8-11(24)7-23/h3-6,11,21,23-24H,7-8H2,1-2H3,(H,22,25). The van der Waals surface area contributed by atoms with Crippen LogP contribution in [0.25, 0.3) is 0 Å². The number of carbonyl (C=O) groups is 1. The summed E-state index contributed by atoms with van der Waals surface area (Å²) in [4.78, 5) is 21.0. The molecule has 2 rings (SSSR count). The molecule has 0 aliphatic heterocycles. The SMILES string of the molecule is Cc1cc(C)c(Nc2c(C(=O)NOCC(O)CO)ccc(F)c2F)cn1. The third-order valence-electron chi connectivity index (χ3n) is 3.50. The van der Waals surface area contributed by atoms with Crippen LogP contribution in [0.2, 0.25) is 0 Å². The summed E-state index contributed by atoms with van der Waals surface area (Å²) in [7, 11) is 0. The van der Waals surface area contributed by atoms with Gasteiger partial charge in [0.05, 0.1) is 29.7 Å². The van der Waals surface area contributed by atoms with Gasteiger partial charge in [0, 0.05) is 5.69 Å². The molecule has 0 aliphatic carbocycles. The zero-order chi connectivity index (χ0) is 19.3. The lowest BCUT2D eigenvalue weighted by Crippen LogP contribution is -2.30. The van der Waals surface area contributed by atoms with E-state index in [0.717, 1.165) is 23.4 Å². The van der Waals surface area contributed by atoms with Gasteiger partial charge in [0.25, 0.3) is 5.91 Å². The summed E-state index contributed by atoms with van der Waals surface area (Å²) in [5, 5.41) is 20.5. The second kappa shape index (κ2) is 8.65. The van der Waals surface area contributed by atoms with Gasteiger partial charge in [-0.2, -0.15) is 0 Å². The van der Waals surface area contributed by atoms with E-state index in [4.69, 9.17) is 15.1 Å². The Morgan fingerprint density at radius 1 is 1.35 bits per heavy atom. The van der Waals surface area contributed by atoms with Crippen LogP contribution in [0.1, 0.15) is 21.6 Å². The number of rotatable bonds is 7. The predicted molar refractivity (Wildman–Crippen MR) is 89.9 cm³/mol. The molecule has 0 aliphatic rings. The van der Waals surface area contributed by atoms with Crippen molar-refractivity contribution in [3.05, 3.63) is 52.9 Å².